The normalized spacial score (nSPS) is 11.0. The number of rotatable bonds is 3. The zero-order valence-corrected chi connectivity index (χ0v) is 9.37. The van der Waals surface area contributed by atoms with Crippen LogP contribution in [0.5, 0.6) is 0 Å². The van der Waals surface area contributed by atoms with Crippen molar-refractivity contribution in [2.45, 2.75) is 12.8 Å². The van der Waals surface area contributed by atoms with Crippen LogP contribution >= 0.6 is 22.9 Å². The number of halogens is 1. The van der Waals surface area contributed by atoms with E-state index in [0.717, 1.165) is 24.4 Å². The van der Waals surface area contributed by atoms with Crippen LogP contribution in [0.25, 0.3) is 10.1 Å². The van der Waals surface area contributed by atoms with Crippen LogP contribution in [0.15, 0.2) is 23.6 Å². The summed E-state index contributed by atoms with van der Waals surface area (Å²) >= 11 is 8.01. The molecule has 14 heavy (non-hydrogen) atoms. The summed E-state index contributed by atoms with van der Waals surface area (Å²) in [5.41, 5.74) is 6.69. The van der Waals surface area contributed by atoms with Crippen molar-refractivity contribution >= 4 is 33.0 Å². The minimum Gasteiger partial charge on any atom is -0.330 e. The quantitative estimate of drug-likeness (QED) is 0.851. The molecule has 1 aromatic carbocycles. The second kappa shape index (κ2) is 4.30. The van der Waals surface area contributed by atoms with Crippen LogP contribution in [-0.2, 0) is 6.42 Å². The van der Waals surface area contributed by atoms with Gasteiger partial charge in [0.1, 0.15) is 0 Å². The maximum Gasteiger partial charge on any atom is 0.0524 e. The Morgan fingerprint density at radius 2 is 2.14 bits per heavy atom. The summed E-state index contributed by atoms with van der Waals surface area (Å²) < 4.78 is 1.26. The number of fused-ring (bicyclic) bond motifs is 1. The number of hydrogen-bond acceptors (Lipinski definition) is 2. The zero-order valence-electron chi connectivity index (χ0n) is 7.79. The average molecular weight is 226 g/mol. The summed E-state index contributed by atoms with van der Waals surface area (Å²) in [6, 6.07) is 6.32. The van der Waals surface area contributed by atoms with E-state index in [1.165, 1.54) is 15.6 Å². The summed E-state index contributed by atoms with van der Waals surface area (Å²) in [7, 11) is 0. The molecule has 1 aromatic heterocycles. The highest BCUT2D eigenvalue weighted by molar-refractivity contribution is 7.17. The molecule has 0 bridgehead atoms. The Labute approximate surface area is 92.5 Å². The third-order valence-corrected chi connectivity index (χ3v) is 3.63. The van der Waals surface area contributed by atoms with Gasteiger partial charge in [0.25, 0.3) is 0 Å². The fraction of sp³-hybridized carbons (Fsp3) is 0.273. The van der Waals surface area contributed by atoms with Gasteiger partial charge in [-0.2, -0.15) is 0 Å². The lowest BCUT2D eigenvalue weighted by Crippen LogP contribution is -2.00. The van der Waals surface area contributed by atoms with Crippen molar-refractivity contribution < 1.29 is 0 Å². The molecule has 0 amide bonds. The predicted octanol–water partition coefficient (Wildman–Crippen LogP) is 3.45. The molecule has 0 fully saturated rings. The number of benzene rings is 1. The third kappa shape index (κ3) is 1.78. The first-order valence-corrected chi connectivity index (χ1v) is 5.93. The van der Waals surface area contributed by atoms with E-state index < -0.39 is 0 Å². The Bertz CT molecular complexity index is 436. The monoisotopic (exact) mass is 225 g/mol. The molecule has 0 aliphatic heterocycles. The largest absolute Gasteiger partial charge is 0.330 e. The molecule has 2 aromatic rings. The van der Waals surface area contributed by atoms with Crippen LogP contribution in [-0.4, -0.2) is 6.54 Å². The first-order chi connectivity index (χ1) is 6.83. The maximum atomic E-state index is 6.28. The number of thiophene rings is 1. The molecular weight excluding hydrogens is 214 g/mol. The Kier molecular flexibility index (Phi) is 3.06. The summed E-state index contributed by atoms with van der Waals surface area (Å²) in [6.07, 6.45) is 1.97. The van der Waals surface area contributed by atoms with Crippen LogP contribution in [0, 0.1) is 0 Å². The van der Waals surface area contributed by atoms with Crippen molar-refractivity contribution in [3.05, 3.63) is 34.2 Å². The molecule has 1 nitrogen and oxygen atoms in total. The third-order valence-electron chi connectivity index (χ3n) is 2.30. The number of hydrogen-bond donors (Lipinski definition) is 1. The fourth-order valence-corrected chi connectivity index (χ4v) is 2.71. The van der Waals surface area contributed by atoms with Gasteiger partial charge in [-0.1, -0.05) is 17.7 Å². The summed E-state index contributed by atoms with van der Waals surface area (Å²) in [5.74, 6) is 0. The SMILES string of the molecule is NCCCc1ccc2sccc2c1Cl. The Hall–Kier alpha value is -0.570. The Morgan fingerprint density at radius 1 is 1.29 bits per heavy atom. The van der Waals surface area contributed by atoms with E-state index in [2.05, 4.69) is 23.6 Å². The topological polar surface area (TPSA) is 26.0 Å². The molecule has 0 atom stereocenters. The molecule has 0 spiro atoms. The Morgan fingerprint density at radius 3 is 2.93 bits per heavy atom. The Balaban J connectivity index is 2.40. The van der Waals surface area contributed by atoms with E-state index in [1.807, 2.05) is 0 Å². The van der Waals surface area contributed by atoms with Gasteiger partial charge in [0, 0.05) is 10.1 Å². The first kappa shape index (κ1) is 9.97. The van der Waals surface area contributed by atoms with Gasteiger partial charge in [-0.25, -0.2) is 0 Å². The maximum absolute atomic E-state index is 6.28. The van der Waals surface area contributed by atoms with Gasteiger partial charge in [0.15, 0.2) is 0 Å². The minimum atomic E-state index is 0.720. The van der Waals surface area contributed by atoms with E-state index >= 15 is 0 Å². The molecule has 0 saturated carbocycles. The molecule has 0 aliphatic rings. The van der Waals surface area contributed by atoms with E-state index in [9.17, 15) is 0 Å². The van der Waals surface area contributed by atoms with Gasteiger partial charge in [-0.05, 0) is 42.5 Å². The van der Waals surface area contributed by atoms with Gasteiger partial charge in [-0.3, -0.25) is 0 Å². The first-order valence-electron chi connectivity index (χ1n) is 4.67. The van der Waals surface area contributed by atoms with Crippen LogP contribution in [0.3, 0.4) is 0 Å². The highest BCUT2D eigenvalue weighted by Gasteiger charge is 2.05. The lowest BCUT2D eigenvalue weighted by molar-refractivity contribution is 0.834. The van der Waals surface area contributed by atoms with Crippen molar-refractivity contribution in [3.8, 4) is 0 Å². The smallest absolute Gasteiger partial charge is 0.0524 e. The van der Waals surface area contributed by atoms with E-state index in [1.54, 1.807) is 11.3 Å². The van der Waals surface area contributed by atoms with Gasteiger partial charge in [0.2, 0.25) is 0 Å². The van der Waals surface area contributed by atoms with Gasteiger partial charge < -0.3 is 5.73 Å². The molecule has 2 N–H and O–H groups in total. The molecule has 0 radical (unpaired) electrons. The zero-order chi connectivity index (χ0) is 9.97. The van der Waals surface area contributed by atoms with Crippen molar-refractivity contribution in [3.63, 3.8) is 0 Å². The van der Waals surface area contributed by atoms with Crippen LogP contribution in [0.4, 0.5) is 0 Å². The standard InChI is InChI=1S/C11H12ClNS/c12-11-8(2-1-6-13)3-4-10-9(11)5-7-14-10/h3-5,7H,1-2,6,13H2. The molecule has 0 aliphatic carbocycles. The lowest BCUT2D eigenvalue weighted by atomic mass is 10.1. The number of aryl methyl sites for hydroxylation is 1. The average Bonchev–Trinajstić information content (AvgIpc) is 2.66. The number of nitrogens with two attached hydrogens (primary N) is 1. The van der Waals surface area contributed by atoms with Gasteiger partial charge in [-0.15, -0.1) is 11.3 Å². The molecule has 2 rings (SSSR count). The van der Waals surface area contributed by atoms with Crippen LogP contribution in [0.1, 0.15) is 12.0 Å². The molecule has 3 heteroatoms. The van der Waals surface area contributed by atoms with Crippen molar-refractivity contribution in [2.75, 3.05) is 6.54 Å². The summed E-state index contributed by atoms with van der Waals surface area (Å²) in [5, 5.41) is 4.15. The summed E-state index contributed by atoms with van der Waals surface area (Å²) in [4.78, 5) is 0. The van der Waals surface area contributed by atoms with Crippen LogP contribution < -0.4 is 5.73 Å². The minimum absolute atomic E-state index is 0.720. The molecule has 0 saturated heterocycles. The molecule has 0 unspecified atom stereocenters. The van der Waals surface area contributed by atoms with Gasteiger partial charge in [0.05, 0.1) is 5.02 Å². The van der Waals surface area contributed by atoms with Crippen LogP contribution in [0.2, 0.25) is 5.02 Å². The lowest BCUT2D eigenvalue weighted by Gasteiger charge is -2.03. The fourth-order valence-electron chi connectivity index (χ4n) is 1.54. The molecular formula is C11H12ClNS. The predicted molar refractivity (Wildman–Crippen MR) is 64.2 cm³/mol. The van der Waals surface area contributed by atoms with Crippen molar-refractivity contribution in [2.24, 2.45) is 5.73 Å². The second-order valence-electron chi connectivity index (χ2n) is 3.26. The second-order valence-corrected chi connectivity index (χ2v) is 4.59. The van der Waals surface area contributed by atoms with E-state index in [0.29, 0.717) is 0 Å². The van der Waals surface area contributed by atoms with Gasteiger partial charge >= 0.3 is 0 Å². The van der Waals surface area contributed by atoms with Crippen molar-refractivity contribution in [1.29, 1.82) is 0 Å². The highest BCUT2D eigenvalue weighted by atomic mass is 35.5. The van der Waals surface area contributed by atoms with E-state index in [4.69, 9.17) is 17.3 Å². The molecule has 1 heterocycles. The highest BCUT2D eigenvalue weighted by Crippen LogP contribution is 2.31. The molecule has 74 valence electrons. The summed E-state index contributed by atoms with van der Waals surface area (Å²) in [6.45, 7) is 0.720. The van der Waals surface area contributed by atoms with Crippen molar-refractivity contribution in [1.82, 2.24) is 0 Å². The van der Waals surface area contributed by atoms with E-state index in [-0.39, 0.29) is 0 Å².